The van der Waals surface area contributed by atoms with Crippen LogP contribution in [0.3, 0.4) is 0 Å². The summed E-state index contributed by atoms with van der Waals surface area (Å²) < 4.78 is 1.89. The number of carbonyl (C=O) groups excluding carboxylic acids is 2. The fraction of sp³-hybridized carbons (Fsp3) is 0.167. The molecule has 0 radical (unpaired) electrons. The Morgan fingerprint density at radius 2 is 1.67 bits per heavy atom. The lowest BCUT2D eigenvalue weighted by atomic mass is 9.95. The number of nitrogens with one attached hydrogen (secondary N) is 1. The number of amides is 1. The normalized spacial score (nSPS) is 10.9. The van der Waals surface area contributed by atoms with Crippen molar-refractivity contribution in [2.45, 2.75) is 20.3 Å². The Morgan fingerprint density at radius 3 is 2.47 bits per heavy atom. The highest BCUT2D eigenvalue weighted by atomic mass is 16.2. The Balaban J connectivity index is 1.49. The molecule has 1 amide bonds. The maximum atomic E-state index is 13.0. The van der Waals surface area contributed by atoms with E-state index in [1.165, 1.54) is 0 Å². The Morgan fingerprint density at radius 1 is 0.900 bits per heavy atom. The Hall–Kier alpha value is -3.80. The number of hydrogen-bond acceptors (Lipinski definition) is 4. The van der Waals surface area contributed by atoms with Crippen LogP contribution in [0.2, 0.25) is 0 Å². The van der Waals surface area contributed by atoms with Gasteiger partial charge in [-0.2, -0.15) is 0 Å². The van der Waals surface area contributed by atoms with Gasteiger partial charge in [0.05, 0.1) is 5.56 Å². The van der Waals surface area contributed by atoms with Gasteiger partial charge in [-0.1, -0.05) is 36.4 Å². The summed E-state index contributed by atoms with van der Waals surface area (Å²) in [6.45, 7) is 4.36. The predicted molar refractivity (Wildman–Crippen MR) is 115 cm³/mol. The number of ketones is 1. The molecule has 0 spiro atoms. The zero-order valence-corrected chi connectivity index (χ0v) is 16.9. The van der Waals surface area contributed by atoms with E-state index in [1.54, 1.807) is 30.3 Å². The van der Waals surface area contributed by atoms with Crippen LogP contribution in [0.1, 0.15) is 43.2 Å². The standard InChI is InChI=1S/C24H22N4O2/c1-16-10-11-18(15-17(16)2)23(29)19-7-3-4-8-20(19)24(30)25-13-12-22-27-26-21-9-5-6-14-28(21)22/h3-11,14-15H,12-13H2,1-2H3,(H,25,30). The van der Waals surface area contributed by atoms with E-state index in [-0.39, 0.29) is 11.7 Å². The van der Waals surface area contributed by atoms with Crippen LogP contribution in [-0.2, 0) is 6.42 Å². The van der Waals surface area contributed by atoms with Gasteiger partial charge in [0, 0.05) is 30.3 Å². The van der Waals surface area contributed by atoms with Crippen molar-refractivity contribution in [1.29, 1.82) is 0 Å². The number of fused-ring (bicyclic) bond motifs is 1. The van der Waals surface area contributed by atoms with E-state index in [9.17, 15) is 9.59 Å². The van der Waals surface area contributed by atoms with E-state index in [2.05, 4.69) is 15.5 Å². The lowest BCUT2D eigenvalue weighted by Crippen LogP contribution is -2.28. The molecule has 0 aliphatic heterocycles. The molecular weight excluding hydrogens is 376 g/mol. The van der Waals surface area contributed by atoms with Gasteiger partial charge in [0.1, 0.15) is 5.82 Å². The van der Waals surface area contributed by atoms with Gasteiger partial charge < -0.3 is 5.32 Å². The molecule has 0 aliphatic carbocycles. The molecule has 150 valence electrons. The molecule has 0 bridgehead atoms. The molecule has 4 rings (SSSR count). The van der Waals surface area contributed by atoms with Crippen molar-refractivity contribution >= 4 is 17.3 Å². The maximum absolute atomic E-state index is 13.0. The van der Waals surface area contributed by atoms with Crippen LogP contribution in [0.5, 0.6) is 0 Å². The van der Waals surface area contributed by atoms with Crippen molar-refractivity contribution in [3.05, 3.63) is 101 Å². The van der Waals surface area contributed by atoms with Gasteiger partial charge in [0.25, 0.3) is 5.91 Å². The Kier molecular flexibility index (Phi) is 5.39. The molecular formula is C24H22N4O2. The topological polar surface area (TPSA) is 76.4 Å². The van der Waals surface area contributed by atoms with E-state index < -0.39 is 0 Å². The van der Waals surface area contributed by atoms with Gasteiger partial charge in [-0.15, -0.1) is 10.2 Å². The molecule has 6 nitrogen and oxygen atoms in total. The second kappa shape index (κ2) is 8.29. The molecule has 2 aromatic heterocycles. The van der Waals surface area contributed by atoms with Crippen molar-refractivity contribution in [2.24, 2.45) is 0 Å². The number of rotatable bonds is 6. The number of carbonyl (C=O) groups is 2. The largest absolute Gasteiger partial charge is 0.352 e. The third-order valence-corrected chi connectivity index (χ3v) is 5.20. The zero-order chi connectivity index (χ0) is 21.1. The minimum atomic E-state index is -0.281. The van der Waals surface area contributed by atoms with Crippen LogP contribution < -0.4 is 5.32 Å². The molecule has 2 aromatic carbocycles. The smallest absolute Gasteiger partial charge is 0.252 e. The lowest BCUT2D eigenvalue weighted by molar-refractivity contribution is 0.0942. The SMILES string of the molecule is Cc1ccc(C(=O)c2ccccc2C(=O)NCCc2nnc3ccccn23)cc1C. The molecule has 0 atom stereocenters. The van der Waals surface area contributed by atoms with Crippen LogP contribution in [0.25, 0.3) is 5.65 Å². The second-order valence-electron chi connectivity index (χ2n) is 7.22. The quantitative estimate of drug-likeness (QED) is 0.504. The van der Waals surface area contributed by atoms with E-state index in [1.807, 2.05) is 54.8 Å². The van der Waals surface area contributed by atoms with Crippen molar-refractivity contribution in [1.82, 2.24) is 19.9 Å². The summed E-state index contributed by atoms with van der Waals surface area (Å²) in [5.41, 5.74) is 4.27. The summed E-state index contributed by atoms with van der Waals surface area (Å²) >= 11 is 0. The van der Waals surface area contributed by atoms with Crippen LogP contribution in [0.15, 0.2) is 66.9 Å². The second-order valence-corrected chi connectivity index (χ2v) is 7.22. The van der Waals surface area contributed by atoms with Crippen LogP contribution >= 0.6 is 0 Å². The van der Waals surface area contributed by atoms with Gasteiger partial charge in [0.15, 0.2) is 11.4 Å². The van der Waals surface area contributed by atoms with Gasteiger partial charge >= 0.3 is 0 Å². The van der Waals surface area contributed by atoms with E-state index in [0.717, 1.165) is 22.6 Å². The summed E-state index contributed by atoms with van der Waals surface area (Å²) in [6.07, 6.45) is 2.42. The highest BCUT2D eigenvalue weighted by molar-refractivity contribution is 6.15. The van der Waals surface area contributed by atoms with E-state index in [4.69, 9.17) is 0 Å². The maximum Gasteiger partial charge on any atom is 0.252 e. The molecule has 6 heteroatoms. The number of pyridine rings is 1. The average molecular weight is 398 g/mol. The van der Waals surface area contributed by atoms with Gasteiger partial charge in [-0.05, 0) is 49.2 Å². The van der Waals surface area contributed by atoms with Crippen molar-refractivity contribution in [3.63, 3.8) is 0 Å². The molecule has 1 N–H and O–H groups in total. The fourth-order valence-corrected chi connectivity index (χ4v) is 3.36. The summed E-state index contributed by atoms with van der Waals surface area (Å²) in [5.74, 6) is 0.328. The number of hydrogen-bond donors (Lipinski definition) is 1. The monoisotopic (exact) mass is 398 g/mol. The number of aryl methyl sites for hydroxylation is 2. The summed E-state index contributed by atoms with van der Waals surface area (Å²) in [5, 5.41) is 11.2. The minimum absolute atomic E-state index is 0.160. The zero-order valence-electron chi connectivity index (χ0n) is 16.9. The first kappa shape index (κ1) is 19.5. The summed E-state index contributed by atoms with van der Waals surface area (Å²) in [7, 11) is 0. The summed E-state index contributed by atoms with van der Waals surface area (Å²) in [6, 6.07) is 18.2. The van der Waals surface area contributed by atoms with E-state index in [0.29, 0.717) is 29.7 Å². The third-order valence-electron chi connectivity index (χ3n) is 5.20. The van der Waals surface area contributed by atoms with Crippen LogP contribution in [-0.4, -0.2) is 32.8 Å². The highest BCUT2D eigenvalue weighted by Gasteiger charge is 2.18. The summed E-state index contributed by atoms with van der Waals surface area (Å²) in [4.78, 5) is 25.8. The molecule has 0 fully saturated rings. The molecule has 2 heterocycles. The van der Waals surface area contributed by atoms with Crippen molar-refractivity contribution in [2.75, 3.05) is 6.54 Å². The van der Waals surface area contributed by atoms with E-state index >= 15 is 0 Å². The number of nitrogens with zero attached hydrogens (tertiary/aromatic N) is 3. The average Bonchev–Trinajstić information content (AvgIpc) is 3.18. The predicted octanol–water partition coefficient (Wildman–Crippen LogP) is 3.55. The van der Waals surface area contributed by atoms with Crippen LogP contribution in [0.4, 0.5) is 0 Å². The minimum Gasteiger partial charge on any atom is -0.352 e. The van der Waals surface area contributed by atoms with Crippen molar-refractivity contribution in [3.8, 4) is 0 Å². The number of benzene rings is 2. The van der Waals surface area contributed by atoms with Gasteiger partial charge in [-0.25, -0.2) is 0 Å². The molecule has 0 unspecified atom stereocenters. The molecule has 4 aromatic rings. The molecule has 30 heavy (non-hydrogen) atoms. The molecule has 0 aliphatic rings. The first-order valence-corrected chi connectivity index (χ1v) is 9.82. The molecule has 0 saturated carbocycles. The lowest BCUT2D eigenvalue weighted by Gasteiger charge is -2.10. The van der Waals surface area contributed by atoms with Crippen LogP contribution in [0, 0.1) is 13.8 Å². The van der Waals surface area contributed by atoms with Gasteiger partial charge in [-0.3, -0.25) is 14.0 Å². The fourth-order valence-electron chi connectivity index (χ4n) is 3.36. The highest BCUT2D eigenvalue weighted by Crippen LogP contribution is 2.17. The van der Waals surface area contributed by atoms with Gasteiger partial charge in [0.2, 0.25) is 0 Å². The third kappa shape index (κ3) is 3.85. The number of aromatic nitrogens is 3. The molecule has 0 saturated heterocycles. The van der Waals surface area contributed by atoms with Crippen molar-refractivity contribution < 1.29 is 9.59 Å². The first-order chi connectivity index (χ1) is 14.5. The first-order valence-electron chi connectivity index (χ1n) is 9.82. The Labute approximate surface area is 174 Å². The Bertz CT molecular complexity index is 1240.